The van der Waals surface area contributed by atoms with E-state index in [-0.39, 0.29) is 18.6 Å². The van der Waals surface area contributed by atoms with Crippen LogP contribution in [0.2, 0.25) is 0 Å². The van der Waals surface area contributed by atoms with Crippen molar-refractivity contribution in [2.75, 3.05) is 18.6 Å². The first kappa shape index (κ1) is 29.2. The number of aliphatic hydroxyl groups is 2. The normalized spacial score (nSPS) is 15.3. The summed E-state index contributed by atoms with van der Waals surface area (Å²) in [5, 5.41) is 44.7. The van der Waals surface area contributed by atoms with Crippen LogP contribution in [0.4, 0.5) is 0 Å². The number of carboxylic acids is 1. The van der Waals surface area contributed by atoms with E-state index in [2.05, 4.69) is 16.0 Å². The van der Waals surface area contributed by atoms with Crippen LogP contribution in [0.25, 0.3) is 0 Å². The molecule has 0 heterocycles. The van der Waals surface area contributed by atoms with E-state index < -0.39 is 60.6 Å². The van der Waals surface area contributed by atoms with Gasteiger partial charge in [0.15, 0.2) is 6.04 Å². The van der Waals surface area contributed by atoms with Crippen LogP contribution in [0.15, 0.2) is 24.3 Å². The number of amides is 3. The second kappa shape index (κ2) is 14.4. The molecule has 0 saturated carbocycles. The highest BCUT2D eigenvalue weighted by Crippen LogP contribution is 2.12. The van der Waals surface area contributed by atoms with Crippen LogP contribution in [0.1, 0.15) is 18.9 Å². The van der Waals surface area contributed by atoms with E-state index in [4.69, 9.17) is 10.8 Å². The molecule has 34 heavy (non-hydrogen) atoms. The van der Waals surface area contributed by atoms with Gasteiger partial charge in [0, 0.05) is 6.42 Å². The van der Waals surface area contributed by atoms with Crippen LogP contribution >= 0.6 is 11.8 Å². The fourth-order valence-corrected chi connectivity index (χ4v) is 3.33. The number of benzene rings is 1. The van der Waals surface area contributed by atoms with Gasteiger partial charge in [-0.15, -0.1) is 0 Å². The average Bonchev–Trinajstić information content (AvgIpc) is 2.79. The van der Waals surface area contributed by atoms with Crippen molar-refractivity contribution in [1.82, 2.24) is 16.0 Å². The summed E-state index contributed by atoms with van der Waals surface area (Å²) in [6, 6.07) is 0.651. The summed E-state index contributed by atoms with van der Waals surface area (Å²) in [5.74, 6) is -3.30. The van der Waals surface area contributed by atoms with Gasteiger partial charge in [0.1, 0.15) is 23.9 Å². The van der Waals surface area contributed by atoms with Crippen molar-refractivity contribution >= 4 is 35.5 Å². The Morgan fingerprint density at radius 2 is 1.56 bits per heavy atom. The van der Waals surface area contributed by atoms with Crippen LogP contribution in [0.5, 0.6) is 5.75 Å². The minimum atomic E-state index is -1.61. The van der Waals surface area contributed by atoms with Crippen LogP contribution < -0.4 is 21.7 Å². The van der Waals surface area contributed by atoms with Gasteiger partial charge in [0.2, 0.25) is 17.7 Å². The first-order chi connectivity index (χ1) is 16.0. The quantitative estimate of drug-likeness (QED) is 0.140. The zero-order valence-electron chi connectivity index (χ0n) is 18.9. The van der Waals surface area contributed by atoms with E-state index in [0.717, 1.165) is 0 Å². The Morgan fingerprint density at radius 1 is 1.00 bits per heavy atom. The standard InChI is InChI=1S/C21H32N4O8S/c1-11(27)17(21(32)33)25-20(31)16(9-12-3-5-13(28)6-4-12)24-19(30)15(7-8-34-2)23-18(29)14(22)10-26/h3-6,11,14-17,26-28H,7-10,22H2,1-2H3,(H,23,29)(H,24,30)(H,25,31)(H,32,33). The minimum absolute atomic E-state index is 0.00565. The molecule has 5 unspecified atom stereocenters. The molecule has 3 amide bonds. The van der Waals surface area contributed by atoms with E-state index in [0.29, 0.717) is 11.3 Å². The van der Waals surface area contributed by atoms with Gasteiger partial charge in [-0.05, 0) is 43.0 Å². The number of carbonyl (C=O) groups excluding carboxylic acids is 3. The topological polar surface area (TPSA) is 211 Å². The molecular formula is C21H32N4O8S. The SMILES string of the molecule is CSCCC(NC(=O)C(N)CO)C(=O)NC(Cc1ccc(O)cc1)C(=O)NC(C(=O)O)C(C)O. The second-order valence-corrected chi connectivity index (χ2v) is 8.61. The lowest BCUT2D eigenvalue weighted by atomic mass is 10.0. The molecule has 0 aromatic heterocycles. The summed E-state index contributed by atoms with van der Waals surface area (Å²) >= 11 is 1.42. The Balaban J connectivity index is 3.13. The summed E-state index contributed by atoms with van der Waals surface area (Å²) in [6.45, 7) is 0.579. The van der Waals surface area contributed by atoms with Gasteiger partial charge >= 0.3 is 5.97 Å². The summed E-state index contributed by atoms with van der Waals surface area (Å²) < 4.78 is 0. The lowest BCUT2D eigenvalue weighted by molar-refractivity contribution is -0.145. The molecule has 0 spiro atoms. The number of phenolic OH excluding ortho intramolecular Hbond substituents is 1. The molecular weight excluding hydrogens is 468 g/mol. The number of phenols is 1. The van der Waals surface area contributed by atoms with Crippen molar-refractivity contribution in [3.63, 3.8) is 0 Å². The molecule has 0 radical (unpaired) electrons. The van der Waals surface area contributed by atoms with Crippen LogP contribution in [-0.4, -0.2) is 93.0 Å². The van der Waals surface area contributed by atoms with Gasteiger partial charge in [0.05, 0.1) is 12.7 Å². The van der Waals surface area contributed by atoms with E-state index in [1.54, 1.807) is 6.26 Å². The molecule has 0 aliphatic heterocycles. The third kappa shape index (κ3) is 9.55. The highest BCUT2D eigenvalue weighted by molar-refractivity contribution is 7.98. The van der Waals surface area contributed by atoms with Gasteiger partial charge < -0.3 is 42.1 Å². The second-order valence-electron chi connectivity index (χ2n) is 7.63. The monoisotopic (exact) mass is 500 g/mol. The van der Waals surface area contributed by atoms with Gasteiger partial charge in [0.25, 0.3) is 0 Å². The fraction of sp³-hybridized carbons (Fsp3) is 0.524. The molecule has 0 fully saturated rings. The highest BCUT2D eigenvalue weighted by Gasteiger charge is 2.32. The van der Waals surface area contributed by atoms with E-state index >= 15 is 0 Å². The Morgan fingerprint density at radius 3 is 2.06 bits per heavy atom. The van der Waals surface area contributed by atoms with Crippen molar-refractivity contribution in [2.45, 2.75) is 50.0 Å². The largest absolute Gasteiger partial charge is 0.508 e. The van der Waals surface area contributed by atoms with Crippen molar-refractivity contribution in [1.29, 1.82) is 0 Å². The third-order valence-corrected chi connectivity index (χ3v) is 5.48. The van der Waals surface area contributed by atoms with E-state index in [1.807, 2.05) is 0 Å². The summed E-state index contributed by atoms with van der Waals surface area (Å²) in [4.78, 5) is 49.4. The van der Waals surface area contributed by atoms with Crippen LogP contribution in [0.3, 0.4) is 0 Å². The van der Waals surface area contributed by atoms with Crippen molar-refractivity contribution in [3.8, 4) is 5.75 Å². The Hall–Kier alpha value is -2.87. The van der Waals surface area contributed by atoms with Gasteiger partial charge in [-0.3, -0.25) is 14.4 Å². The zero-order valence-corrected chi connectivity index (χ0v) is 19.7. The highest BCUT2D eigenvalue weighted by atomic mass is 32.2. The number of nitrogens with one attached hydrogen (secondary N) is 3. The smallest absolute Gasteiger partial charge is 0.328 e. The Labute approximate surface area is 201 Å². The number of nitrogens with two attached hydrogens (primary N) is 1. The molecule has 0 aliphatic rings. The molecule has 190 valence electrons. The number of hydrogen-bond donors (Lipinski definition) is 8. The van der Waals surface area contributed by atoms with E-state index in [9.17, 15) is 34.5 Å². The molecule has 13 heteroatoms. The molecule has 5 atom stereocenters. The first-order valence-corrected chi connectivity index (χ1v) is 11.8. The van der Waals surface area contributed by atoms with Crippen LogP contribution in [0, 0.1) is 0 Å². The van der Waals surface area contributed by atoms with Crippen LogP contribution in [-0.2, 0) is 25.6 Å². The van der Waals surface area contributed by atoms with Crippen molar-refractivity contribution in [2.24, 2.45) is 5.73 Å². The zero-order chi connectivity index (χ0) is 25.8. The lowest BCUT2D eigenvalue weighted by Crippen LogP contribution is -2.59. The number of carboxylic acid groups (broad SMARTS) is 1. The average molecular weight is 501 g/mol. The Bertz CT molecular complexity index is 837. The first-order valence-electron chi connectivity index (χ1n) is 10.4. The molecule has 1 aromatic carbocycles. The molecule has 1 aromatic rings. The molecule has 12 nitrogen and oxygen atoms in total. The van der Waals surface area contributed by atoms with Crippen molar-refractivity contribution in [3.05, 3.63) is 29.8 Å². The molecule has 0 bridgehead atoms. The number of aromatic hydroxyl groups is 1. The number of carbonyl (C=O) groups is 4. The summed E-state index contributed by atoms with van der Waals surface area (Å²) in [6.07, 6.45) is 0.540. The third-order valence-electron chi connectivity index (χ3n) is 4.83. The number of aliphatic carboxylic acids is 1. The summed E-state index contributed by atoms with van der Waals surface area (Å²) in [5.41, 5.74) is 6.06. The number of hydrogen-bond acceptors (Lipinski definition) is 9. The summed E-state index contributed by atoms with van der Waals surface area (Å²) in [7, 11) is 0. The molecule has 0 aliphatic carbocycles. The lowest BCUT2D eigenvalue weighted by Gasteiger charge is -2.25. The predicted octanol–water partition coefficient (Wildman–Crippen LogP) is -2.07. The van der Waals surface area contributed by atoms with E-state index in [1.165, 1.54) is 43.0 Å². The van der Waals surface area contributed by atoms with Gasteiger partial charge in [-0.2, -0.15) is 11.8 Å². The maximum atomic E-state index is 13.0. The molecule has 1 rings (SSSR count). The maximum Gasteiger partial charge on any atom is 0.328 e. The number of aliphatic hydroxyl groups excluding tert-OH is 2. The fourth-order valence-electron chi connectivity index (χ4n) is 2.86. The van der Waals surface area contributed by atoms with Gasteiger partial charge in [-0.1, -0.05) is 12.1 Å². The molecule has 9 N–H and O–H groups in total. The number of rotatable bonds is 14. The maximum absolute atomic E-state index is 13.0. The van der Waals surface area contributed by atoms with Crippen molar-refractivity contribution < 1.29 is 39.6 Å². The predicted molar refractivity (Wildman–Crippen MR) is 125 cm³/mol. The Kier molecular flexibility index (Phi) is 12.4. The van der Waals surface area contributed by atoms with Gasteiger partial charge in [-0.25, -0.2) is 4.79 Å². The minimum Gasteiger partial charge on any atom is -0.508 e. The number of thioether (sulfide) groups is 1. The molecule has 0 saturated heterocycles.